The molecule has 0 saturated heterocycles. The van der Waals surface area contributed by atoms with E-state index >= 15 is 0 Å². The molecule has 0 aromatic carbocycles. The molecule has 0 spiro atoms. The van der Waals surface area contributed by atoms with Crippen LogP contribution >= 0.6 is 34.8 Å². The lowest BCUT2D eigenvalue weighted by Gasteiger charge is -2.17. The van der Waals surface area contributed by atoms with Gasteiger partial charge in [0.2, 0.25) is 5.78 Å². The van der Waals surface area contributed by atoms with Gasteiger partial charge in [0.25, 0.3) is 3.79 Å². The van der Waals surface area contributed by atoms with Crippen molar-refractivity contribution in [3.05, 3.63) is 24.0 Å². The van der Waals surface area contributed by atoms with Crippen molar-refractivity contribution >= 4 is 40.6 Å². The first-order chi connectivity index (χ1) is 8.39. The normalized spacial score (nSPS) is 17.8. The van der Waals surface area contributed by atoms with Crippen molar-refractivity contribution in [3.8, 4) is 0 Å². The second-order valence-corrected chi connectivity index (χ2v) is 6.78. The molecule has 0 amide bonds. The van der Waals surface area contributed by atoms with Crippen LogP contribution in [0.3, 0.4) is 0 Å². The van der Waals surface area contributed by atoms with Crippen LogP contribution in [0.15, 0.2) is 18.5 Å². The molecule has 1 heterocycles. The van der Waals surface area contributed by atoms with Crippen LogP contribution in [-0.2, 0) is 10.3 Å². The average molecular weight is 311 g/mol. The number of alkyl halides is 3. The maximum absolute atomic E-state index is 11.8. The molecule has 1 aromatic heterocycles. The summed E-state index contributed by atoms with van der Waals surface area (Å²) in [5.41, 5.74) is 0.403. The SMILES string of the molecule is CCOCC1(n2ccc(C(=O)C(Cl)(Cl)Cl)c2)CC1. The molecule has 1 saturated carbocycles. The number of hydrogen-bond acceptors (Lipinski definition) is 2. The van der Waals surface area contributed by atoms with Crippen LogP contribution in [0.2, 0.25) is 0 Å². The second-order valence-electron chi connectivity index (χ2n) is 4.50. The lowest BCUT2D eigenvalue weighted by Crippen LogP contribution is -2.23. The predicted octanol–water partition coefficient (Wildman–Crippen LogP) is 3.57. The largest absolute Gasteiger partial charge is 0.379 e. The molecule has 0 unspecified atom stereocenters. The van der Waals surface area contributed by atoms with E-state index in [1.54, 1.807) is 12.3 Å². The Morgan fingerprint density at radius 2 is 2.17 bits per heavy atom. The number of rotatable bonds is 5. The quantitative estimate of drug-likeness (QED) is 0.615. The van der Waals surface area contributed by atoms with Crippen molar-refractivity contribution < 1.29 is 9.53 Å². The van der Waals surface area contributed by atoms with Gasteiger partial charge in [-0.3, -0.25) is 4.79 Å². The first kappa shape index (κ1) is 14.2. The highest BCUT2D eigenvalue weighted by Crippen LogP contribution is 2.44. The van der Waals surface area contributed by atoms with Crippen LogP contribution in [-0.4, -0.2) is 27.4 Å². The van der Waals surface area contributed by atoms with Crippen LogP contribution in [0.1, 0.15) is 30.1 Å². The van der Waals surface area contributed by atoms with Crippen molar-refractivity contribution in [2.24, 2.45) is 0 Å². The fourth-order valence-corrected chi connectivity index (χ4v) is 2.23. The zero-order valence-electron chi connectivity index (χ0n) is 9.96. The highest BCUT2D eigenvalue weighted by Gasteiger charge is 2.45. The molecule has 3 nitrogen and oxygen atoms in total. The number of halogens is 3. The van der Waals surface area contributed by atoms with Gasteiger partial charge >= 0.3 is 0 Å². The molecular weight excluding hydrogens is 296 g/mol. The predicted molar refractivity (Wildman–Crippen MR) is 72.8 cm³/mol. The van der Waals surface area contributed by atoms with E-state index in [-0.39, 0.29) is 5.54 Å². The smallest absolute Gasteiger partial charge is 0.253 e. The summed E-state index contributed by atoms with van der Waals surface area (Å²) in [5, 5.41) is 0. The summed E-state index contributed by atoms with van der Waals surface area (Å²) in [6.07, 6.45) is 5.66. The van der Waals surface area contributed by atoms with E-state index in [2.05, 4.69) is 0 Å². The average Bonchev–Trinajstić information content (AvgIpc) is 2.93. The van der Waals surface area contributed by atoms with Crippen LogP contribution in [0.25, 0.3) is 0 Å². The fraction of sp³-hybridized carbons (Fsp3) is 0.583. The minimum atomic E-state index is -1.90. The summed E-state index contributed by atoms with van der Waals surface area (Å²) < 4.78 is 5.56. The molecule has 1 fully saturated rings. The topological polar surface area (TPSA) is 31.2 Å². The van der Waals surface area contributed by atoms with Gasteiger partial charge in [-0.15, -0.1) is 0 Å². The Bertz CT molecular complexity index is 446. The summed E-state index contributed by atoms with van der Waals surface area (Å²) in [6.45, 7) is 3.30. The molecule has 2 rings (SSSR count). The zero-order valence-corrected chi connectivity index (χ0v) is 12.2. The van der Waals surface area contributed by atoms with Gasteiger partial charge in [-0.25, -0.2) is 0 Å². The van der Waals surface area contributed by atoms with E-state index in [0.29, 0.717) is 18.8 Å². The lowest BCUT2D eigenvalue weighted by molar-refractivity contribution is 0.0990. The highest BCUT2D eigenvalue weighted by atomic mass is 35.6. The van der Waals surface area contributed by atoms with Crippen molar-refractivity contribution in [1.29, 1.82) is 0 Å². The Morgan fingerprint density at radius 3 is 2.67 bits per heavy atom. The van der Waals surface area contributed by atoms with Gasteiger partial charge in [0.05, 0.1) is 12.1 Å². The van der Waals surface area contributed by atoms with E-state index in [9.17, 15) is 4.79 Å². The van der Waals surface area contributed by atoms with Gasteiger partial charge in [-0.2, -0.15) is 0 Å². The Hall–Kier alpha value is -0.220. The molecular formula is C12H14Cl3NO2. The number of carbonyl (C=O) groups is 1. The van der Waals surface area contributed by atoms with E-state index < -0.39 is 9.58 Å². The third-order valence-corrected chi connectivity index (χ3v) is 3.68. The highest BCUT2D eigenvalue weighted by molar-refractivity contribution is 6.77. The fourth-order valence-electron chi connectivity index (χ4n) is 1.90. The van der Waals surface area contributed by atoms with Crippen LogP contribution in [0, 0.1) is 0 Å². The van der Waals surface area contributed by atoms with E-state index in [4.69, 9.17) is 39.5 Å². The van der Waals surface area contributed by atoms with Crippen LogP contribution in [0.4, 0.5) is 0 Å². The summed E-state index contributed by atoms with van der Waals surface area (Å²) in [4.78, 5) is 11.8. The van der Waals surface area contributed by atoms with Crippen molar-refractivity contribution in [2.45, 2.75) is 29.1 Å². The van der Waals surface area contributed by atoms with Gasteiger partial charge in [-0.05, 0) is 25.8 Å². The molecule has 1 aliphatic rings. The maximum atomic E-state index is 11.8. The molecule has 0 bridgehead atoms. The molecule has 1 aliphatic carbocycles. The maximum Gasteiger partial charge on any atom is 0.253 e. The van der Waals surface area contributed by atoms with Crippen LogP contribution < -0.4 is 0 Å². The number of nitrogens with zero attached hydrogens (tertiary/aromatic N) is 1. The molecule has 0 radical (unpaired) electrons. The molecule has 100 valence electrons. The Morgan fingerprint density at radius 1 is 1.50 bits per heavy atom. The summed E-state index contributed by atoms with van der Waals surface area (Å²) >= 11 is 16.8. The molecule has 0 aliphatic heterocycles. The molecule has 0 N–H and O–H groups in total. The first-order valence-corrected chi connectivity index (χ1v) is 6.90. The summed E-state index contributed by atoms with van der Waals surface area (Å²) in [6, 6.07) is 1.68. The molecule has 18 heavy (non-hydrogen) atoms. The van der Waals surface area contributed by atoms with Gasteiger partial charge in [0.1, 0.15) is 0 Å². The lowest BCUT2D eigenvalue weighted by atomic mass is 10.2. The second kappa shape index (κ2) is 5.04. The first-order valence-electron chi connectivity index (χ1n) is 5.77. The third-order valence-electron chi connectivity index (χ3n) is 3.16. The summed E-state index contributed by atoms with van der Waals surface area (Å²) in [7, 11) is 0. The third kappa shape index (κ3) is 2.85. The minimum Gasteiger partial charge on any atom is -0.379 e. The van der Waals surface area contributed by atoms with Gasteiger partial charge < -0.3 is 9.30 Å². The Balaban J connectivity index is 2.14. The molecule has 6 heteroatoms. The van der Waals surface area contributed by atoms with Gasteiger partial charge in [-0.1, -0.05) is 34.8 Å². The number of aromatic nitrogens is 1. The Labute approximate surface area is 121 Å². The molecule has 1 aromatic rings. The number of Topliss-reactive ketones (excluding diaryl/α,β-unsaturated/α-hetero) is 1. The van der Waals surface area contributed by atoms with Gasteiger partial charge in [0, 0.05) is 24.6 Å². The minimum absolute atomic E-state index is 0.0118. The molecule has 0 atom stereocenters. The number of ketones is 1. The number of ether oxygens (including phenoxy) is 1. The van der Waals surface area contributed by atoms with Gasteiger partial charge in [0.15, 0.2) is 0 Å². The van der Waals surface area contributed by atoms with E-state index in [1.807, 2.05) is 17.7 Å². The zero-order chi connectivity index (χ0) is 13.4. The van der Waals surface area contributed by atoms with Crippen molar-refractivity contribution in [2.75, 3.05) is 13.2 Å². The standard InChI is InChI=1S/C12H14Cl3NO2/c1-2-18-8-11(4-5-11)16-6-3-9(7-16)10(17)12(13,14)15/h3,6-7H,2,4-5,8H2,1H3. The Kier molecular flexibility index (Phi) is 3.98. The number of hydrogen-bond donors (Lipinski definition) is 0. The van der Waals surface area contributed by atoms with E-state index in [1.165, 1.54) is 0 Å². The monoisotopic (exact) mass is 309 g/mol. The van der Waals surface area contributed by atoms with Crippen molar-refractivity contribution in [1.82, 2.24) is 4.57 Å². The van der Waals surface area contributed by atoms with Crippen molar-refractivity contribution in [3.63, 3.8) is 0 Å². The van der Waals surface area contributed by atoms with Crippen LogP contribution in [0.5, 0.6) is 0 Å². The number of carbonyl (C=O) groups excluding carboxylic acids is 1. The summed E-state index contributed by atoms with van der Waals surface area (Å²) in [5.74, 6) is -0.501. The van der Waals surface area contributed by atoms with E-state index in [0.717, 1.165) is 12.8 Å².